The van der Waals surface area contributed by atoms with Gasteiger partial charge in [-0.1, -0.05) is 41.4 Å². The molecular weight excluding hydrogens is 369 g/mol. The van der Waals surface area contributed by atoms with Crippen LogP contribution < -0.4 is 4.72 Å². The van der Waals surface area contributed by atoms with Crippen LogP contribution in [0, 0.1) is 0 Å². The lowest BCUT2D eigenvalue weighted by Crippen LogP contribution is -2.12. The number of halogens is 2. The molecule has 3 aromatic rings. The number of nitrogens with zero attached hydrogens (tertiary/aromatic N) is 2. The Labute approximate surface area is 149 Å². The van der Waals surface area contributed by atoms with E-state index in [9.17, 15) is 8.42 Å². The molecule has 0 atom stereocenters. The normalized spacial score (nSPS) is 11.4. The molecule has 0 bridgehead atoms. The molecule has 0 aliphatic heterocycles. The molecule has 24 heavy (non-hydrogen) atoms. The molecule has 1 aromatic heterocycles. The van der Waals surface area contributed by atoms with E-state index in [4.69, 9.17) is 23.2 Å². The molecule has 0 unspecified atom stereocenters. The fraction of sp³-hybridized carbons (Fsp3) is 0.0625. The molecule has 2 aromatic carbocycles. The Morgan fingerprint density at radius 1 is 1.04 bits per heavy atom. The number of hydrogen-bond acceptors (Lipinski definition) is 3. The summed E-state index contributed by atoms with van der Waals surface area (Å²) in [4.78, 5) is 0.130. The fourth-order valence-electron chi connectivity index (χ4n) is 2.13. The first kappa shape index (κ1) is 16.8. The van der Waals surface area contributed by atoms with Gasteiger partial charge in [0.15, 0.2) is 0 Å². The highest BCUT2D eigenvalue weighted by Gasteiger charge is 2.15. The van der Waals surface area contributed by atoms with Crippen LogP contribution in [0.25, 0.3) is 0 Å². The summed E-state index contributed by atoms with van der Waals surface area (Å²) < 4.78 is 28.7. The van der Waals surface area contributed by atoms with Crippen LogP contribution >= 0.6 is 23.2 Å². The van der Waals surface area contributed by atoms with E-state index in [2.05, 4.69) is 9.82 Å². The zero-order valence-corrected chi connectivity index (χ0v) is 14.7. The Kier molecular flexibility index (Phi) is 4.80. The highest BCUT2D eigenvalue weighted by molar-refractivity contribution is 7.92. The van der Waals surface area contributed by atoms with Crippen LogP contribution in [0.5, 0.6) is 0 Å². The standard InChI is InChI=1S/C16H13Cl2N3O2S/c17-13-5-7-15(8-6-13)24(22,23)20-14-9-19-21(11-14)10-12-3-1-2-4-16(12)18/h1-9,11,20H,10H2. The highest BCUT2D eigenvalue weighted by Crippen LogP contribution is 2.19. The summed E-state index contributed by atoms with van der Waals surface area (Å²) >= 11 is 11.9. The molecule has 0 amide bonds. The van der Waals surface area contributed by atoms with Gasteiger partial charge in [-0.15, -0.1) is 0 Å². The maximum atomic E-state index is 12.3. The summed E-state index contributed by atoms with van der Waals surface area (Å²) in [5.41, 5.74) is 1.27. The Hall–Kier alpha value is -2.02. The molecule has 124 valence electrons. The highest BCUT2D eigenvalue weighted by atomic mass is 35.5. The summed E-state index contributed by atoms with van der Waals surface area (Å²) in [5, 5.41) is 5.26. The molecule has 1 heterocycles. The van der Waals surface area contributed by atoms with Crippen LogP contribution in [0.4, 0.5) is 5.69 Å². The monoisotopic (exact) mass is 381 g/mol. The van der Waals surface area contributed by atoms with Crippen molar-refractivity contribution in [2.45, 2.75) is 11.4 Å². The first-order valence-corrected chi connectivity index (χ1v) is 9.22. The third-order valence-electron chi connectivity index (χ3n) is 3.30. The number of anilines is 1. The van der Waals surface area contributed by atoms with Crippen molar-refractivity contribution < 1.29 is 8.42 Å². The predicted octanol–water partition coefficient (Wildman–Crippen LogP) is 4.04. The van der Waals surface area contributed by atoms with Gasteiger partial charge in [0.05, 0.1) is 23.3 Å². The third-order valence-corrected chi connectivity index (χ3v) is 5.32. The minimum Gasteiger partial charge on any atom is -0.276 e. The van der Waals surface area contributed by atoms with E-state index in [1.807, 2.05) is 18.2 Å². The molecule has 0 saturated carbocycles. The van der Waals surface area contributed by atoms with Gasteiger partial charge in [0.1, 0.15) is 0 Å². The Morgan fingerprint density at radius 3 is 2.46 bits per heavy atom. The lowest BCUT2D eigenvalue weighted by molar-refractivity contribution is 0.601. The Bertz CT molecular complexity index is 953. The van der Waals surface area contributed by atoms with Crippen LogP contribution in [0.15, 0.2) is 65.8 Å². The van der Waals surface area contributed by atoms with Crippen molar-refractivity contribution >= 4 is 38.9 Å². The third kappa shape index (κ3) is 3.90. The quantitative estimate of drug-likeness (QED) is 0.725. The average Bonchev–Trinajstić information content (AvgIpc) is 2.96. The van der Waals surface area contributed by atoms with Crippen LogP contribution in [0.2, 0.25) is 10.0 Å². The molecule has 0 radical (unpaired) electrons. The predicted molar refractivity (Wildman–Crippen MR) is 95.0 cm³/mol. The summed E-state index contributed by atoms with van der Waals surface area (Å²) in [7, 11) is -3.69. The number of nitrogens with one attached hydrogen (secondary N) is 1. The number of aromatic nitrogens is 2. The van der Waals surface area contributed by atoms with Gasteiger partial charge in [0.25, 0.3) is 10.0 Å². The number of rotatable bonds is 5. The van der Waals surface area contributed by atoms with Gasteiger partial charge in [-0.2, -0.15) is 5.10 Å². The van der Waals surface area contributed by atoms with Crippen molar-refractivity contribution in [3.63, 3.8) is 0 Å². The molecule has 0 aliphatic carbocycles. The largest absolute Gasteiger partial charge is 0.276 e. The summed E-state index contributed by atoms with van der Waals surface area (Å²) in [6.45, 7) is 0.447. The van der Waals surface area contributed by atoms with Crippen molar-refractivity contribution in [3.8, 4) is 0 Å². The molecule has 0 fully saturated rings. The van der Waals surface area contributed by atoms with E-state index >= 15 is 0 Å². The SMILES string of the molecule is O=S(=O)(Nc1cnn(Cc2ccccc2Cl)c1)c1ccc(Cl)cc1. The minimum atomic E-state index is -3.69. The van der Waals surface area contributed by atoms with E-state index in [0.29, 0.717) is 22.3 Å². The lowest BCUT2D eigenvalue weighted by atomic mass is 10.2. The first-order chi connectivity index (χ1) is 11.4. The smallest absolute Gasteiger partial charge is 0.261 e. The molecule has 1 N–H and O–H groups in total. The van der Waals surface area contributed by atoms with Gasteiger partial charge in [-0.05, 0) is 35.9 Å². The topological polar surface area (TPSA) is 64.0 Å². The molecule has 0 spiro atoms. The van der Waals surface area contributed by atoms with Gasteiger partial charge in [0.2, 0.25) is 0 Å². The van der Waals surface area contributed by atoms with E-state index < -0.39 is 10.0 Å². The second-order valence-corrected chi connectivity index (χ2v) is 7.60. The van der Waals surface area contributed by atoms with E-state index in [1.165, 1.54) is 30.5 Å². The van der Waals surface area contributed by atoms with Crippen molar-refractivity contribution in [1.29, 1.82) is 0 Å². The number of sulfonamides is 1. The molecule has 0 saturated heterocycles. The van der Waals surface area contributed by atoms with Gasteiger partial charge >= 0.3 is 0 Å². The fourth-order valence-corrected chi connectivity index (χ4v) is 3.48. The van der Waals surface area contributed by atoms with Gasteiger partial charge < -0.3 is 0 Å². The first-order valence-electron chi connectivity index (χ1n) is 6.98. The zero-order valence-electron chi connectivity index (χ0n) is 12.4. The van der Waals surface area contributed by atoms with E-state index in [0.717, 1.165) is 5.56 Å². The Morgan fingerprint density at radius 2 is 1.75 bits per heavy atom. The van der Waals surface area contributed by atoms with Crippen LogP contribution in [0.3, 0.4) is 0 Å². The summed E-state index contributed by atoms with van der Waals surface area (Å²) in [6, 6.07) is 13.4. The average molecular weight is 382 g/mol. The number of benzene rings is 2. The molecule has 3 rings (SSSR count). The zero-order chi connectivity index (χ0) is 17.2. The van der Waals surface area contributed by atoms with Crippen molar-refractivity contribution in [2.24, 2.45) is 0 Å². The Balaban J connectivity index is 1.76. The van der Waals surface area contributed by atoms with Gasteiger partial charge in [-0.3, -0.25) is 9.40 Å². The molecule has 8 heteroatoms. The second-order valence-electron chi connectivity index (χ2n) is 5.08. The summed E-state index contributed by atoms with van der Waals surface area (Å²) in [5.74, 6) is 0. The molecule has 0 aliphatic rings. The van der Waals surface area contributed by atoms with Gasteiger partial charge in [-0.25, -0.2) is 8.42 Å². The molecular formula is C16H13Cl2N3O2S. The number of hydrogen-bond donors (Lipinski definition) is 1. The van der Waals surface area contributed by atoms with E-state index in [1.54, 1.807) is 16.9 Å². The van der Waals surface area contributed by atoms with E-state index in [-0.39, 0.29) is 4.90 Å². The van der Waals surface area contributed by atoms with Crippen LogP contribution in [-0.2, 0) is 16.6 Å². The maximum Gasteiger partial charge on any atom is 0.261 e. The lowest BCUT2D eigenvalue weighted by Gasteiger charge is -2.06. The van der Waals surface area contributed by atoms with Crippen molar-refractivity contribution in [2.75, 3.05) is 4.72 Å². The summed E-state index contributed by atoms with van der Waals surface area (Å²) in [6.07, 6.45) is 3.06. The molecule has 5 nitrogen and oxygen atoms in total. The van der Waals surface area contributed by atoms with Gasteiger partial charge in [0, 0.05) is 16.2 Å². The van der Waals surface area contributed by atoms with Crippen LogP contribution in [0.1, 0.15) is 5.56 Å². The maximum absolute atomic E-state index is 12.3. The minimum absolute atomic E-state index is 0.130. The van der Waals surface area contributed by atoms with Crippen LogP contribution in [-0.4, -0.2) is 18.2 Å². The van der Waals surface area contributed by atoms with Crippen molar-refractivity contribution in [1.82, 2.24) is 9.78 Å². The second kappa shape index (κ2) is 6.84. The van der Waals surface area contributed by atoms with Crippen molar-refractivity contribution in [3.05, 3.63) is 76.5 Å².